The second-order valence-electron chi connectivity index (χ2n) is 5.93. The smallest absolute Gasteiger partial charge is 0.343 e. The molecule has 0 radical (unpaired) electrons. The van der Waals surface area contributed by atoms with Gasteiger partial charge in [-0.15, -0.1) is 0 Å². The summed E-state index contributed by atoms with van der Waals surface area (Å²) in [5.41, 5.74) is 1.42. The number of unbranched alkanes of at least 4 members (excludes halogenated alkanes) is 3. The van der Waals surface area contributed by atoms with Gasteiger partial charge < -0.3 is 4.74 Å². The Labute approximate surface area is 149 Å². The first-order chi connectivity index (χ1) is 12.2. The molecule has 3 nitrogen and oxygen atoms in total. The van der Waals surface area contributed by atoms with Crippen molar-refractivity contribution in [2.75, 3.05) is 0 Å². The molecular formula is C22H24O3. The molecule has 0 bridgehead atoms. The summed E-state index contributed by atoms with van der Waals surface area (Å²) in [6.45, 7) is 2.16. The summed E-state index contributed by atoms with van der Waals surface area (Å²) in [7, 11) is 0. The van der Waals surface area contributed by atoms with Gasteiger partial charge in [0.1, 0.15) is 5.75 Å². The summed E-state index contributed by atoms with van der Waals surface area (Å²) in [5.74, 6) is 0.249. The summed E-state index contributed by atoms with van der Waals surface area (Å²) in [5, 5.41) is 0. The van der Waals surface area contributed by atoms with Crippen molar-refractivity contribution in [2.24, 2.45) is 0 Å². The molecule has 2 aromatic rings. The minimum absolute atomic E-state index is 0.149. The molecule has 130 valence electrons. The highest BCUT2D eigenvalue weighted by molar-refractivity contribution is 5.93. The lowest BCUT2D eigenvalue weighted by atomic mass is 10.1. The van der Waals surface area contributed by atoms with Gasteiger partial charge in [0.15, 0.2) is 5.78 Å². The average Bonchev–Trinajstić information content (AvgIpc) is 2.65. The van der Waals surface area contributed by atoms with Crippen molar-refractivity contribution in [3.63, 3.8) is 0 Å². The second kappa shape index (κ2) is 10.2. The van der Waals surface area contributed by atoms with Gasteiger partial charge in [0.2, 0.25) is 0 Å². The topological polar surface area (TPSA) is 43.4 Å². The first-order valence-electron chi connectivity index (χ1n) is 8.77. The van der Waals surface area contributed by atoms with Crippen molar-refractivity contribution in [1.82, 2.24) is 0 Å². The van der Waals surface area contributed by atoms with Crippen LogP contribution in [0.4, 0.5) is 0 Å². The van der Waals surface area contributed by atoms with Crippen molar-refractivity contribution < 1.29 is 14.3 Å². The number of ether oxygens (including phenoxy) is 1. The molecule has 0 fully saturated rings. The van der Waals surface area contributed by atoms with Crippen LogP contribution in [0.2, 0.25) is 0 Å². The molecule has 0 saturated carbocycles. The monoisotopic (exact) mass is 336 g/mol. The molecule has 0 unspecified atom stereocenters. The largest absolute Gasteiger partial charge is 0.423 e. The van der Waals surface area contributed by atoms with Crippen LogP contribution in [0.25, 0.3) is 6.08 Å². The van der Waals surface area contributed by atoms with Gasteiger partial charge in [-0.25, -0.2) is 4.79 Å². The maximum atomic E-state index is 12.0. The fourth-order valence-electron chi connectivity index (χ4n) is 2.39. The Morgan fingerprint density at radius 3 is 2.32 bits per heavy atom. The van der Waals surface area contributed by atoms with Crippen molar-refractivity contribution in [2.45, 2.75) is 39.0 Å². The van der Waals surface area contributed by atoms with E-state index in [1.54, 1.807) is 48.6 Å². The molecule has 0 amide bonds. The third-order valence-corrected chi connectivity index (χ3v) is 3.84. The summed E-state index contributed by atoms with van der Waals surface area (Å²) in [4.78, 5) is 23.8. The Bertz CT molecular complexity index is 700. The molecule has 0 spiro atoms. The van der Waals surface area contributed by atoms with Crippen LogP contribution in [0.5, 0.6) is 5.75 Å². The fourth-order valence-corrected chi connectivity index (χ4v) is 2.39. The van der Waals surface area contributed by atoms with Gasteiger partial charge in [0.05, 0.1) is 5.56 Å². The van der Waals surface area contributed by atoms with Gasteiger partial charge in [-0.3, -0.25) is 4.79 Å². The number of carbonyl (C=O) groups excluding carboxylic acids is 2. The highest BCUT2D eigenvalue weighted by Crippen LogP contribution is 2.15. The third-order valence-electron chi connectivity index (χ3n) is 3.84. The summed E-state index contributed by atoms with van der Waals surface area (Å²) >= 11 is 0. The first-order valence-corrected chi connectivity index (χ1v) is 8.77. The Kier molecular flexibility index (Phi) is 7.64. The van der Waals surface area contributed by atoms with E-state index in [2.05, 4.69) is 6.92 Å². The van der Waals surface area contributed by atoms with Gasteiger partial charge in [-0.2, -0.15) is 0 Å². The van der Waals surface area contributed by atoms with Crippen molar-refractivity contribution >= 4 is 17.8 Å². The Hall–Kier alpha value is -2.68. The highest BCUT2D eigenvalue weighted by atomic mass is 16.5. The van der Waals surface area contributed by atoms with E-state index in [1.165, 1.54) is 12.8 Å². The van der Waals surface area contributed by atoms with E-state index in [0.717, 1.165) is 18.4 Å². The SMILES string of the molecule is CCCCCCC(=O)/C=C/c1ccc(OC(=O)c2ccccc2)cc1. The van der Waals surface area contributed by atoms with Gasteiger partial charge in [0.25, 0.3) is 0 Å². The number of esters is 1. The molecule has 0 heterocycles. The third kappa shape index (κ3) is 6.76. The minimum atomic E-state index is -0.383. The van der Waals surface area contributed by atoms with Gasteiger partial charge >= 0.3 is 5.97 Å². The standard InChI is InChI=1S/C22H24O3/c1-2-3-4-8-11-20(23)15-12-18-13-16-21(17-14-18)25-22(24)19-9-6-5-7-10-19/h5-7,9-10,12-17H,2-4,8,11H2,1H3/b15-12+. The maximum absolute atomic E-state index is 12.0. The molecule has 25 heavy (non-hydrogen) atoms. The van der Waals surface area contributed by atoms with E-state index < -0.39 is 0 Å². The molecule has 0 aliphatic heterocycles. The number of allylic oxidation sites excluding steroid dienone is 1. The van der Waals surface area contributed by atoms with Crippen LogP contribution in [-0.2, 0) is 4.79 Å². The van der Waals surface area contributed by atoms with Crippen LogP contribution < -0.4 is 4.74 Å². The van der Waals surface area contributed by atoms with Crippen LogP contribution in [0, 0.1) is 0 Å². The molecular weight excluding hydrogens is 312 g/mol. The highest BCUT2D eigenvalue weighted by Gasteiger charge is 2.07. The summed E-state index contributed by atoms with van der Waals surface area (Å²) in [6, 6.07) is 16.0. The number of benzene rings is 2. The Balaban J connectivity index is 1.84. The number of hydrogen-bond donors (Lipinski definition) is 0. The molecule has 0 aromatic heterocycles. The van der Waals surface area contributed by atoms with E-state index in [4.69, 9.17) is 4.74 Å². The van der Waals surface area contributed by atoms with Gasteiger partial charge in [-0.1, -0.05) is 62.6 Å². The van der Waals surface area contributed by atoms with Gasteiger partial charge in [-0.05, 0) is 42.3 Å². The number of carbonyl (C=O) groups is 2. The number of hydrogen-bond acceptors (Lipinski definition) is 3. The molecule has 2 rings (SSSR count). The first kappa shape index (κ1) is 18.7. The average molecular weight is 336 g/mol. The lowest BCUT2D eigenvalue weighted by molar-refractivity contribution is -0.114. The zero-order valence-electron chi connectivity index (χ0n) is 14.6. The quantitative estimate of drug-likeness (QED) is 0.264. The van der Waals surface area contributed by atoms with E-state index in [1.807, 2.05) is 18.2 Å². The van der Waals surface area contributed by atoms with E-state index >= 15 is 0 Å². The predicted octanol–water partition coefficient (Wildman–Crippen LogP) is 5.46. The zero-order chi connectivity index (χ0) is 17.9. The molecule has 2 aromatic carbocycles. The van der Waals surface area contributed by atoms with Crippen LogP contribution >= 0.6 is 0 Å². The van der Waals surface area contributed by atoms with E-state index in [-0.39, 0.29) is 11.8 Å². The Morgan fingerprint density at radius 1 is 0.920 bits per heavy atom. The van der Waals surface area contributed by atoms with E-state index in [0.29, 0.717) is 17.7 Å². The van der Waals surface area contributed by atoms with Crippen molar-refractivity contribution in [3.8, 4) is 5.75 Å². The molecule has 3 heteroatoms. The van der Waals surface area contributed by atoms with Crippen LogP contribution in [0.15, 0.2) is 60.7 Å². The molecule has 0 N–H and O–H groups in total. The number of rotatable bonds is 9. The van der Waals surface area contributed by atoms with Crippen LogP contribution in [0.1, 0.15) is 54.9 Å². The predicted molar refractivity (Wildman–Crippen MR) is 101 cm³/mol. The summed E-state index contributed by atoms with van der Waals surface area (Å²) < 4.78 is 5.33. The lowest BCUT2D eigenvalue weighted by Gasteiger charge is -2.04. The normalized spacial score (nSPS) is 10.8. The van der Waals surface area contributed by atoms with Crippen molar-refractivity contribution in [3.05, 3.63) is 71.8 Å². The zero-order valence-corrected chi connectivity index (χ0v) is 14.6. The summed E-state index contributed by atoms with van der Waals surface area (Å²) in [6.07, 6.45) is 8.43. The van der Waals surface area contributed by atoms with Crippen LogP contribution in [-0.4, -0.2) is 11.8 Å². The molecule has 0 aliphatic carbocycles. The lowest BCUT2D eigenvalue weighted by Crippen LogP contribution is -2.07. The number of ketones is 1. The maximum Gasteiger partial charge on any atom is 0.343 e. The van der Waals surface area contributed by atoms with Crippen molar-refractivity contribution in [1.29, 1.82) is 0 Å². The molecule has 0 atom stereocenters. The van der Waals surface area contributed by atoms with Gasteiger partial charge in [0, 0.05) is 6.42 Å². The molecule has 0 aliphatic rings. The van der Waals surface area contributed by atoms with E-state index in [9.17, 15) is 9.59 Å². The minimum Gasteiger partial charge on any atom is -0.423 e. The molecule has 0 saturated heterocycles. The Morgan fingerprint density at radius 2 is 1.64 bits per heavy atom. The fraction of sp³-hybridized carbons (Fsp3) is 0.273. The second-order valence-corrected chi connectivity index (χ2v) is 5.93. The van der Waals surface area contributed by atoms with Crippen LogP contribution in [0.3, 0.4) is 0 Å².